The van der Waals surface area contributed by atoms with Crippen LogP contribution in [-0.2, 0) is 33.8 Å². The number of aryl methyl sites for hydroxylation is 1. The Hall–Kier alpha value is -3.98. The number of amides is 2. The lowest BCUT2D eigenvalue weighted by atomic mass is 10.1. The van der Waals surface area contributed by atoms with Gasteiger partial charge in [0, 0.05) is 4.88 Å². The van der Waals surface area contributed by atoms with E-state index in [1.807, 2.05) is 42.5 Å². The first-order chi connectivity index (χ1) is 17.0. The summed E-state index contributed by atoms with van der Waals surface area (Å²) in [5.74, 6) is -1.69. The molecular weight excluding hydrogens is 466 g/mol. The fourth-order valence-corrected chi connectivity index (χ4v) is 4.99. The molecule has 0 atom stereocenters. The van der Waals surface area contributed by atoms with Crippen molar-refractivity contribution in [2.24, 2.45) is 5.10 Å². The molecule has 8 nitrogen and oxygen atoms in total. The first-order valence-electron chi connectivity index (χ1n) is 11.3. The zero-order valence-corrected chi connectivity index (χ0v) is 20.0. The molecule has 3 aromatic rings. The van der Waals surface area contributed by atoms with E-state index in [1.54, 1.807) is 19.1 Å². The molecule has 2 amide bonds. The maximum Gasteiger partial charge on any atom is 0.341 e. The minimum Gasteiger partial charge on any atom is -0.489 e. The fraction of sp³-hybridized carbons (Fsp3) is 0.231. The number of anilines is 1. The molecule has 35 heavy (non-hydrogen) atoms. The van der Waals surface area contributed by atoms with Crippen molar-refractivity contribution in [1.82, 2.24) is 5.43 Å². The van der Waals surface area contributed by atoms with Crippen LogP contribution in [0.25, 0.3) is 0 Å². The topological polar surface area (TPSA) is 106 Å². The Morgan fingerprint density at radius 2 is 1.89 bits per heavy atom. The summed E-state index contributed by atoms with van der Waals surface area (Å²) in [5.41, 5.74) is 5.20. The van der Waals surface area contributed by atoms with Crippen molar-refractivity contribution in [1.29, 1.82) is 0 Å². The number of nitrogens with one attached hydrogen (secondary N) is 2. The van der Waals surface area contributed by atoms with Crippen LogP contribution in [-0.4, -0.2) is 30.6 Å². The smallest absolute Gasteiger partial charge is 0.341 e. The van der Waals surface area contributed by atoms with Crippen LogP contribution >= 0.6 is 11.3 Å². The third-order valence-electron chi connectivity index (χ3n) is 5.32. The molecule has 0 fully saturated rings. The Morgan fingerprint density at radius 3 is 2.69 bits per heavy atom. The number of hydrogen-bond acceptors (Lipinski definition) is 7. The van der Waals surface area contributed by atoms with Crippen molar-refractivity contribution < 1.29 is 23.9 Å². The highest BCUT2D eigenvalue weighted by atomic mass is 32.1. The number of carbonyl (C=O) groups is 3. The third kappa shape index (κ3) is 6.13. The van der Waals surface area contributed by atoms with Gasteiger partial charge in [-0.1, -0.05) is 42.5 Å². The first-order valence-corrected chi connectivity index (χ1v) is 12.1. The molecule has 0 unspecified atom stereocenters. The minimum atomic E-state index is -0.943. The summed E-state index contributed by atoms with van der Waals surface area (Å²) in [6.45, 7) is 2.38. The van der Waals surface area contributed by atoms with Crippen molar-refractivity contribution in [3.63, 3.8) is 0 Å². The second kappa shape index (κ2) is 11.4. The van der Waals surface area contributed by atoms with E-state index >= 15 is 0 Å². The fourth-order valence-electron chi connectivity index (χ4n) is 3.71. The summed E-state index contributed by atoms with van der Waals surface area (Å²) in [5, 5.41) is 6.75. The van der Waals surface area contributed by atoms with Gasteiger partial charge in [0.25, 0.3) is 0 Å². The summed E-state index contributed by atoms with van der Waals surface area (Å²) >= 11 is 1.31. The second-order valence-corrected chi connectivity index (χ2v) is 8.89. The molecule has 2 aromatic carbocycles. The molecule has 0 spiro atoms. The standard InChI is InChI=1S/C26H25N3O5S/c1-2-33-26(32)22-20-12-7-13-21(20)35-25(22)28-23(30)24(31)29-27-15-18-10-6-11-19(14-18)34-16-17-8-4-3-5-9-17/h3-6,8-11,14-15H,2,7,12-13,16H2,1H3,(H,28,30)(H,29,31). The lowest BCUT2D eigenvalue weighted by Crippen LogP contribution is -2.32. The first kappa shape index (κ1) is 24.2. The van der Waals surface area contributed by atoms with E-state index in [9.17, 15) is 14.4 Å². The molecule has 2 N–H and O–H groups in total. The lowest BCUT2D eigenvalue weighted by molar-refractivity contribution is -0.136. The van der Waals surface area contributed by atoms with Gasteiger partial charge in [-0.2, -0.15) is 5.10 Å². The predicted molar refractivity (Wildman–Crippen MR) is 134 cm³/mol. The van der Waals surface area contributed by atoms with E-state index in [2.05, 4.69) is 15.8 Å². The van der Waals surface area contributed by atoms with Gasteiger partial charge >= 0.3 is 17.8 Å². The molecule has 0 radical (unpaired) electrons. The van der Waals surface area contributed by atoms with Crippen LogP contribution in [0.2, 0.25) is 0 Å². The highest BCUT2D eigenvalue weighted by molar-refractivity contribution is 7.17. The summed E-state index contributed by atoms with van der Waals surface area (Å²) in [7, 11) is 0. The maximum absolute atomic E-state index is 12.4. The van der Waals surface area contributed by atoms with Gasteiger partial charge in [-0.15, -0.1) is 11.3 Å². The van der Waals surface area contributed by atoms with Crippen LogP contribution in [0.3, 0.4) is 0 Å². The van der Waals surface area contributed by atoms with E-state index < -0.39 is 17.8 Å². The van der Waals surface area contributed by atoms with Gasteiger partial charge in [0.05, 0.1) is 18.4 Å². The molecule has 1 aliphatic rings. The number of ether oxygens (including phenoxy) is 2. The number of thiophene rings is 1. The molecule has 1 aromatic heterocycles. The Bertz CT molecular complexity index is 1250. The Labute approximate surface area is 207 Å². The molecular formula is C26H25N3O5S. The van der Waals surface area contributed by atoms with Gasteiger partial charge in [-0.05, 0) is 55.0 Å². The molecule has 0 saturated heterocycles. The number of hydrogen-bond donors (Lipinski definition) is 2. The van der Waals surface area contributed by atoms with Crippen LogP contribution in [0.4, 0.5) is 5.00 Å². The normalized spacial score (nSPS) is 12.3. The summed E-state index contributed by atoms with van der Waals surface area (Å²) in [4.78, 5) is 38.2. The number of benzene rings is 2. The zero-order chi connectivity index (χ0) is 24.6. The molecule has 1 aliphatic carbocycles. The Morgan fingerprint density at radius 1 is 1.06 bits per heavy atom. The van der Waals surface area contributed by atoms with Crippen LogP contribution in [0.15, 0.2) is 59.7 Å². The van der Waals surface area contributed by atoms with Crippen LogP contribution in [0.5, 0.6) is 5.75 Å². The Balaban J connectivity index is 1.34. The van der Waals surface area contributed by atoms with Crippen molar-refractivity contribution in [3.05, 3.63) is 81.7 Å². The quantitative estimate of drug-likeness (QED) is 0.214. The minimum absolute atomic E-state index is 0.227. The van der Waals surface area contributed by atoms with Crippen LogP contribution in [0.1, 0.15) is 45.3 Å². The lowest BCUT2D eigenvalue weighted by Gasteiger charge is -2.07. The van der Waals surface area contributed by atoms with Gasteiger partial charge in [0.1, 0.15) is 17.4 Å². The summed E-state index contributed by atoms with van der Waals surface area (Å²) < 4.78 is 10.9. The molecule has 1 heterocycles. The van der Waals surface area contributed by atoms with E-state index in [1.165, 1.54) is 17.6 Å². The average Bonchev–Trinajstić information content (AvgIpc) is 3.44. The van der Waals surface area contributed by atoms with Gasteiger partial charge in [0.15, 0.2) is 0 Å². The van der Waals surface area contributed by atoms with E-state index in [0.717, 1.165) is 35.3 Å². The molecule has 4 rings (SSSR count). The van der Waals surface area contributed by atoms with Crippen molar-refractivity contribution in [2.75, 3.05) is 11.9 Å². The van der Waals surface area contributed by atoms with Crippen molar-refractivity contribution >= 4 is 40.3 Å². The molecule has 0 aliphatic heterocycles. The van der Waals surface area contributed by atoms with Gasteiger partial charge in [-0.3, -0.25) is 9.59 Å². The van der Waals surface area contributed by atoms with Crippen LogP contribution < -0.4 is 15.5 Å². The number of esters is 1. The summed E-state index contributed by atoms with van der Waals surface area (Å²) in [6, 6.07) is 17.0. The number of rotatable bonds is 8. The predicted octanol–water partition coefficient (Wildman–Crippen LogP) is 4.08. The van der Waals surface area contributed by atoms with Gasteiger partial charge in [0.2, 0.25) is 0 Å². The van der Waals surface area contributed by atoms with E-state index in [-0.39, 0.29) is 6.61 Å². The number of carbonyl (C=O) groups excluding carboxylic acids is 3. The average molecular weight is 492 g/mol. The number of nitrogens with zero attached hydrogens (tertiary/aromatic N) is 1. The van der Waals surface area contributed by atoms with Gasteiger partial charge < -0.3 is 14.8 Å². The Kier molecular flexibility index (Phi) is 7.89. The van der Waals surface area contributed by atoms with E-state index in [4.69, 9.17) is 9.47 Å². The highest BCUT2D eigenvalue weighted by Gasteiger charge is 2.29. The highest BCUT2D eigenvalue weighted by Crippen LogP contribution is 2.39. The molecule has 9 heteroatoms. The largest absolute Gasteiger partial charge is 0.489 e. The van der Waals surface area contributed by atoms with Crippen LogP contribution in [0, 0.1) is 0 Å². The molecule has 0 bridgehead atoms. The molecule has 0 saturated carbocycles. The summed E-state index contributed by atoms with van der Waals surface area (Å²) in [6.07, 6.45) is 3.97. The zero-order valence-electron chi connectivity index (χ0n) is 19.2. The SMILES string of the molecule is CCOC(=O)c1c(NC(=O)C(=O)NN=Cc2cccc(OCc3ccccc3)c2)sc2c1CCC2. The number of hydrazone groups is 1. The van der Waals surface area contributed by atoms with Crippen molar-refractivity contribution in [2.45, 2.75) is 32.8 Å². The van der Waals surface area contributed by atoms with Gasteiger partial charge in [-0.25, -0.2) is 10.2 Å². The van der Waals surface area contributed by atoms with E-state index in [0.29, 0.717) is 28.5 Å². The number of fused-ring (bicyclic) bond motifs is 1. The monoisotopic (exact) mass is 491 g/mol. The third-order valence-corrected chi connectivity index (χ3v) is 6.53. The maximum atomic E-state index is 12.4. The molecule has 180 valence electrons. The van der Waals surface area contributed by atoms with Crippen molar-refractivity contribution in [3.8, 4) is 5.75 Å². The second-order valence-electron chi connectivity index (χ2n) is 7.78.